The molecule has 4 rings (SSSR count). The van der Waals surface area contributed by atoms with E-state index in [9.17, 15) is 14.4 Å². The Kier molecular flexibility index (Phi) is 3.50. The highest BCUT2D eigenvalue weighted by Crippen LogP contribution is 2.36. The lowest BCUT2D eigenvalue weighted by molar-refractivity contribution is 0.0951. The fourth-order valence-corrected chi connectivity index (χ4v) is 3.51. The molecule has 0 fully saturated rings. The summed E-state index contributed by atoms with van der Waals surface area (Å²) in [6.45, 7) is 3.23. The van der Waals surface area contributed by atoms with Crippen molar-refractivity contribution in [3.63, 3.8) is 0 Å². The molecule has 0 atom stereocenters. The van der Waals surface area contributed by atoms with Crippen LogP contribution in [0.2, 0.25) is 0 Å². The largest absolute Gasteiger partial charge is 0.351 e. The van der Waals surface area contributed by atoms with Crippen LogP contribution in [0.3, 0.4) is 0 Å². The summed E-state index contributed by atoms with van der Waals surface area (Å²) in [4.78, 5) is 16.2. The first-order chi connectivity index (χ1) is 12.1. The number of nitrogens with zero attached hydrogens (tertiary/aromatic N) is 3. The molecule has 0 bridgehead atoms. The van der Waals surface area contributed by atoms with Crippen molar-refractivity contribution in [1.29, 1.82) is 5.26 Å². The Morgan fingerprint density at radius 1 is 1.36 bits per heavy atom. The van der Waals surface area contributed by atoms with Gasteiger partial charge in [0.1, 0.15) is 5.69 Å². The number of carbonyl (C=O) groups is 1. The van der Waals surface area contributed by atoms with E-state index < -0.39 is 5.95 Å². The van der Waals surface area contributed by atoms with E-state index in [0.717, 1.165) is 28.5 Å². The maximum Gasteiger partial charge on any atom is 0.268 e. The third-order valence-electron chi connectivity index (χ3n) is 4.64. The molecular formula is C19H15FN4O. The second kappa shape index (κ2) is 5.71. The fraction of sp³-hybridized carbons (Fsp3) is 0.211. The number of hydrogen-bond donors (Lipinski definition) is 1. The van der Waals surface area contributed by atoms with Gasteiger partial charge in [0.05, 0.1) is 17.1 Å². The molecule has 1 N–H and O–H groups in total. The summed E-state index contributed by atoms with van der Waals surface area (Å²) in [6, 6.07) is 8.68. The molecule has 0 radical (unpaired) electrons. The minimum Gasteiger partial charge on any atom is -0.351 e. The first-order valence-electron chi connectivity index (χ1n) is 8.07. The van der Waals surface area contributed by atoms with Gasteiger partial charge in [0.2, 0.25) is 5.95 Å². The minimum atomic E-state index is -0.555. The number of nitrogens with one attached hydrogen (secondary N) is 1. The summed E-state index contributed by atoms with van der Waals surface area (Å²) in [7, 11) is 0. The van der Waals surface area contributed by atoms with Gasteiger partial charge in [-0.2, -0.15) is 9.65 Å². The van der Waals surface area contributed by atoms with Crippen molar-refractivity contribution < 1.29 is 9.18 Å². The van der Waals surface area contributed by atoms with E-state index >= 15 is 0 Å². The molecule has 0 saturated heterocycles. The number of amides is 1. The molecule has 1 aliphatic rings. The first kappa shape index (κ1) is 15.3. The molecular weight excluding hydrogens is 319 g/mol. The minimum absolute atomic E-state index is 0.104. The number of halogens is 1. The number of nitriles is 1. The average Bonchev–Trinajstić information content (AvgIpc) is 2.76. The molecule has 3 heterocycles. The van der Waals surface area contributed by atoms with Crippen LogP contribution < -0.4 is 5.32 Å². The maximum absolute atomic E-state index is 13.2. The van der Waals surface area contributed by atoms with Gasteiger partial charge in [-0.25, -0.2) is 4.98 Å². The number of fused-ring (bicyclic) bond motifs is 3. The first-order valence-corrected chi connectivity index (χ1v) is 8.07. The number of benzene rings is 1. The van der Waals surface area contributed by atoms with E-state index in [1.807, 2.05) is 11.5 Å². The smallest absolute Gasteiger partial charge is 0.268 e. The van der Waals surface area contributed by atoms with Gasteiger partial charge in [0.25, 0.3) is 5.91 Å². The molecule has 0 saturated carbocycles. The normalized spacial score (nSPS) is 13.9. The van der Waals surface area contributed by atoms with Crippen LogP contribution in [0.1, 0.15) is 28.0 Å². The fourth-order valence-electron chi connectivity index (χ4n) is 3.51. The van der Waals surface area contributed by atoms with Crippen molar-refractivity contribution in [1.82, 2.24) is 14.9 Å². The molecule has 1 aliphatic heterocycles. The van der Waals surface area contributed by atoms with E-state index in [1.165, 1.54) is 12.3 Å². The summed E-state index contributed by atoms with van der Waals surface area (Å²) < 4.78 is 15.2. The van der Waals surface area contributed by atoms with Crippen LogP contribution in [0, 0.1) is 24.2 Å². The van der Waals surface area contributed by atoms with E-state index in [2.05, 4.69) is 16.4 Å². The molecule has 5 nitrogen and oxygen atoms in total. The second-order valence-electron chi connectivity index (χ2n) is 6.14. The number of rotatable bonds is 1. The standard InChI is InChI=1S/C19H15FN4O/c1-11-14-7-12(9-21)8-15(13-3-4-16(20)23-10-13)18(14)24-6-2-5-22-19(25)17(11)24/h3-4,7-8,10H,2,5-6H2,1H3,(H,22,25). The van der Waals surface area contributed by atoms with Crippen LogP contribution in [0.15, 0.2) is 30.5 Å². The molecule has 2 aromatic heterocycles. The third-order valence-corrected chi connectivity index (χ3v) is 4.64. The molecule has 6 heteroatoms. The Balaban J connectivity index is 2.11. The summed E-state index contributed by atoms with van der Waals surface area (Å²) in [6.07, 6.45) is 2.28. The highest BCUT2D eigenvalue weighted by atomic mass is 19.1. The van der Waals surface area contributed by atoms with E-state index in [0.29, 0.717) is 29.9 Å². The average molecular weight is 334 g/mol. The summed E-state index contributed by atoms with van der Waals surface area (Å²) >= 11 is 0. The summed E-state index contributed by atoms with van der Waals surface area (Å²) in [5, 5.41) is 13.2. The van der Waals surface area contributed by atoms with Gasteiger partial charge in [0, 0.05) is 35.8 Å². The van der Waals surface area contributed by atoms with Gasteiger partial charge < -0.3 is 9.88 Å². The number of hydrogen-bond acceptors (Lipinski definition) is 3. The zero-order valence-corrected chi connectivity index (χ0v) is 13.6. The van der Waals surface area contributed by atoms with Crippen molar-refractivity contribution >= 4 is 16.8 Å². The lowest BCUT2D eigenvalue weighted by atomic mass is 10.00. The molecule has 1 aromatic carbocycles. The highest BCUT2D eigenvalue weighted by Gasteiger charge is 2.24. The van der Waals surface area contributed by atoms with Crippen molar-refractivity contribution in [2.45, 2.75) is 19.9 Å². The van der Waals surface area contributed by atoms with Crippen molar-refractivity contribution in [2.24, 2.45) is 0 Å². The zero-order chi connectivity index (χ0) is 17.6. The number of carbonyl (C=O) groups excluding carboxylic acids is 1. The number of aryl methyl sites for hydroxylation is 2. The van der Waals surface area contributed by atoms with Gasteiger partial charge in [-0.3, -0.25) is 4.79 Å². The quantitative estimate of drug-likeness (QED) is 0.695. The molecule has 0 spiro atoms. The molecule has 1 amide bonds. The lowest BCUT2D eigenvalue weighted by Crippen LogP contribution is -2.23. The lowest BCUT2D eigenvalue weighted by Gasteiger charge is -2.10. The summed E-state index contributed by atoms with van der Waals surface area (Å²) in [5.74, 6) is -0.658. The van der Waals surface area contributed by atoms with E-state index in [4.69, 9.17) is 0 Å². The van der Waals surface area contributed by atoms with Crippen molar-refractivity contribution in [2.75, 3.05) is 6.54 Å². The van der Waals surface area contributed by atoms with Gasteiger partial charge in [-0.15, -0.1) is 0 Å². The molecule has 0 aliphatic carbocycles. The SMILES string of the molecule is Cc1c2n(c3c(-c4ccc(F)nc4)cc(C#N)cc13)CCCNC2=O. The summed E-state index contributed by atoms with van der Waals surface area (Å²) in [5.41, 5.74) is 4.36. The van der Waals surface area contributed by atoms with Crippen LogP contribution >= 0.6 is 0 Å². The van der Waals surface area contributed by atoms with Gasteiger partial charge in [-0.1, -0.05) is 0 Å². The van der Waals surface area contributed by atoms with Crippen LogP contribution in [-0.2, 0) is 6.54 Å². The Morgan fingerprint density at radius 3 is 2.92 bits per heavy atom. The van der Waals surface area contributed by atoms with Crippen LogP contribution in [0.4, 0.5) is 4.39 Å². The van der Waals surface area contributed by atoms with Crippen molar-refractivity contribution in [3.05, 3.63) is 53.2 Å². The predicted octanol–water partition coefficient (Wildman–Crippen LogP) is 3.16. The van der Waals surface area contributed by atoms with Crippen LogP contribution in [-0.4, -0.2) is 22.0 Å². The predicted molar refractivity (Wildman–Crippen MR) is 91.5 cm³/mol. The highest BCUT2D eigenvalue weighted by molar-refractivity contribution is 6.06. The van der Waals surface area contributed by atoms with Crippen molar-refractivity contribution in [3.8, 4) is 17.2 Å². The zero-order valence-electron chi connectivity index (χ0n) is 13.6. The Morgan fingerprint density at radius 2 is 2.20 bits per heavy atom. The van der Waals surface area contributed by atoms with E-state index in [-0.39, 0.29) is 5.91 Å². The van der Waals surface area contributed by atoms with Gasteiger partial charge in [0.15, 0.2) is 0 Å². The molecule has 25 heavy (non-hydrogen) atoms. The maximum atomic E-state index is 13.2. The Hall–Kier alpha value is -3.20. The number of pyridine rings is 1. The van der Waals surface area contributed by atoms with Crippen LogP contribution in [0.25, 0.3) is 22.0 Å². The molecule has 3 aromatic rings. The second-order valence-corrected chi connectivity index (χ2v) is 6.14. The Labute approximate surface area is 143 Å². The molecule has 124 valence electrons. The van der Waals surface area contributed by atoms with E-state index in [1.54, 1.807) is 18.2 Å². The number of aromatic nitrogens is 2. The monoisotopic (exact) mass is 334 g/mol. The van der Waals surface area contributed by atoms with Gasteiger partial charge >= 0.3 is 0 Å². The Bertz CT molecular complexity index is 1040. The third kappa shape index (κ3) is 2.36. The molecule has 0 unspecified atom stereocenters. The topological polar surface area (TPSA) is 70.7 Å². The van der Waals surface area contributed by atoms with Gasteiger partial charge in [-0.05, 0) is 43.2 Å². The van der Waals surface area contributed by atoms with Crippen LogP contribution in [0.5, 0.6) is 0 Å².